The molecule has 0 aromatic carbocycles. The van der Waals surface area contributed by atoms with E-state index in [0.29, 0.717) is 6.17 Å². The maximum Gasteiger partial charge on any atom is 0.0574 e. The molecule has 4 fully saturated rings. The molecule has 0 saturated carbocycles. The number of hydrogen-bond donors (Lipinski definition) is 4. The van der Waals surface area contributed by atoms with Gasteiger partial charge in [-0.2, -0.15) is 11.8 Å². The zero-order valence-corrected chi connectivity index (χ0v) is 15.8. The molecule has 0 aromatic rings. The Bertz CT molecular complexity index is 396. The van der Waals surface area contributed by atoms with Crippen LogP contribution in [0.3, 0.4) is 0 Å². The molecular formula is C18H35N5S. The summed E-state index contributed by atoms with van der Waals surface area (Å²) in [5.41, 5.74) is 3.57. The summed E-state index contributed by atoms with van der Waals surface area (Å²) < 4.78 is 0. The number of thioether (sulfide) groups is 1. The van der Waals surface area contributed by atoms with Crippen LogP contribution in [-0.4, -0.2) is 68.0 Å². The molecule has 6 unspecified atom stereocenters. The van der Waals surface area contributed by atoms with Crippen LogP contribution in [0.5, 0.6) is 0 Å². The summed E-state index contributed by atoms with van der Waals surface area (Å²) in [5, 5.41) is 14.6. The van der Waals surface area contributed by atoms with Crippen LogP contribution in [0.4, 0.5) is 0 Å². The van der Waals surface area contributed by atoms with Crippen molar-refractivity contribution in [2.75, 3.05) is 51.6 Å². The molecule has 6 atom stereocenters. The molecule has 4 rings (SSSR count). The fraction of sp³-hybridized carbons (Fsp3) is 1.00. The van der Waals surface area contributed by atoms with Gasteiger partial charge in [-0.3, -0.25) is 5.43 Å². The summed E-state index contributed by atoms with van der Waals surface area (Å²) >= 11 is 2.27. The smallest absolute Gasteiger partial charge is 0.0574 e. The Morgan fingerprint density at radius 1 is 0.958 bits per heavy atom. The van der Waals surface area contributed by atoms with Gasteiger partial charge in [-0.1, -0.05) is 0 Å². The van der Waals surface area contributed by atoms with Crippen molar-refractivity contribution in [2.45, 2.75) is 43.5 Å². The molecule has 4 bridgehead atoms. The number of nitrogens with one attached hydrogen (secondary N) is 4. The zero-order valence-electron chi connectivity index (χ0n) is 14.9. The SMILES string of the molecule is C1CSC2CCNCC3CNN(CCNC4CC(CCN4)C2C1)C3. The number of piperidine rings is 1. The number of fused-ring (bicyclic) bond motifs is 6. The minimum Gasteiger partial charge on any atom is -0.316 e. The van der Waals surface area contributed by atoms with E-state index in [9.17, 15) is 0 Å². The van der Waals surface area contributed by atoms with Crippen molar-refractivity contribution in [3.8, 4) is 0 Å². The molecule has 4 aliphatic rings. The van der Waals surface area contributed by atoms with Crippen LogP contribution in [0, 0.1) is 17.8 Å². The summed E-state index contributed by atoms with van der Waals surface area (Å²) in [7, 11) is 0. The van der Waals surface area contributed by atoms with Gasteiger partial charge >= 0.3 is 0 Å². The van der Waals surface area contributed by atoms with Gasteiger partial charge in [0.1, 0.15) is 0 Å². The lowest BCUT2D eigenvalue weighted by molar-refractivity contribution is 0.176. The van der Waals surface area contributed by atoms with Crippen LogP contribution in [0.2, 0.25) is 0 Å². The lowest BCUT2D eigenvalue weighted by Gasteiger charge is -2.41. The Balaban J connectivity index is 1.41. The van der Waals surface area contributed by atoms with Crippen LogP contribution in [0.25, 0.3) is 0 Å². The van der Waals surface area contributed by atoms with Crippen LogP contribution in [0.15, 0.2) is 0 Å². The topological polar surface area (TPSA) is 51.4 Å². The van der Waals surface area contributed by atoms with Gasteiger partial charge in [0.05, 0.1) is 6.17 Å². The first-order chi connectivity index (χ1) is 11.9. The van der Waals surface area contributed by atoms with E-state index in [1.54, 1.807) is 0 Å². The molecule has 4 saturated heterocycles. The lowest BCUT2D eigenvalue weighted by atomic mass is 9.78. The molecule has 138 valence electrons. The maximum absolute atomic E-state index is 3.78. The van der Waals surface area contributed by atoms with Gasteiger partial charge in [0, 0.05) is 38.0 Å². The first-order valence-electron chi connectivity index (χ1n) is 10.2. The van der Waals surface area contributed by atoms with Gasteiger partial charge in [0.25, 0.3) is 0 Å². The minimum absolute atomic E-state index is 0.526. The highest BCUT2D eigenvalue weighted by molar-refractivity contribution is 7.99. The monoisotopic (exact) mass is 353 g/mol. The predicted molar refractivity (Wildman–Crippen MR) is 102 cm³/mol. The van der Waals surface area contributed by atoms with E-state index in [4.69, 9.17) is 0 Å². The second kappa shape index (κ2) is 8.69. The quantitative estimate of drug-likeness (QED) is 0.518. The molecular weight excluding hydrogens is 318 g/mol. The Labute approximate surface area is 151 Å². The third kappa shape index (κ3) is 4.46. The largest absolute Gasteiger partial charge is 0.316 e. The van der Waals surface area contributed by atoms with Crippen molar-refractivity contribution in [3.63, 3.8) is 0 Å². The third-order valence-electron chi connectivity index (χ3n) is 6.43. The zero-order chi connectivity index (χ0) is 16.2. The number of nitrogens with zero attached hydrogens (tertiary/aromatic N) is 1. The van der Waals surface area contributed by atoms with E-state index in [1.807, 2.05) is 0 Å². The molecule has 0 spiro atoms. The van der Waals surface area contributed by atoms with Crippen molar-refractivity contribution < 1.29 is 0 Å². The summed E-state index contributed by atoms with van der Waals surface area (Å²) in [6.07, 6.45) is 7.49. The number of rotatable bonds is 0. The highest BCUT2D eigenvalue weighted by atomic mass is 32.2. The van der Waals surface area contributed by atoms with Crippen molar-refractivity contribution >= 4 is 11.8 Å². The second-order valence-electron chi connectivity index (χ2n) is 8.13. The van der Waals surface area contributed by atoms with E-state index in [0.717, 1.165) is 42.6 Å². The van der Waals surface area contributed by atoms with Crippen molar-refractivity contribution in [3.05, 3.63) is 0 Å². The molecule has 4 N–H and O–H groups in total. The van der Waals surface area contributed by atoms with Gasteiger partial charge in [0.2, 0.25) is 0 Å². The first-order valence-corrected chi connectivity index (χ1v) is 11.2. The van der Waals surface area contributed by atoms with Gasteiger partial charge in [-0.05, 0) is 68.7 Å². The van der Waals surface area contributed by atoms with Crippen LogP contribution in [-0.2, 0) is 0 Å². The fourth-order valence-electron chi connectivity index (χ4n) is 5.12. The fourth-order valence-corrected chi connectivity index (χ4v) is 6.65. The standard InChI is InChI=1S/C18H35N5S/c1-2-16-15-3-6-20-18(10-15)21-7-8-23-13-14(12-22-23)11-19-5-4-17(16)24-9-1/h14-22H,1-13H2. The highest BCUT2D eigenvalue weighted by Gasteiger charge is 2.35. The predicted octanol–water partition coefficient (Wildman–Crippen LogP) is 0.843. The Morgan fingerprint density at radius 3 is 2.92 bits per heavy atom. The maximum atomic E-state index is 3.78. The lowest BCUT2D eigenvalue weighted by Crippen LogP contribution is -2.52. The summed E-state index contributed by atoms with van der Waals surface area (Å²) in [4.78, 5) is 0. The molecule has 4 heterocycles. The third-order valence-corrected chi connectivity index (χ3v) is 7.97. The van der Waals surface area contributed by atoms with E-state index in [2.05, 4.69) is 38.1 Å². The van der Waals surface area contributed by atoms with Gasteiger partial charge in [-0.25, -0.2) is 5.01 Å². The van der Waals surface area contributed by atoms with Crippen LogP contribution >= 0.6 is 11.8 Å². The van der Waals surface area contributed by atoms with Gasteiger partial charge < -0.3 is 16.0 Å². The molecule has 5 nitrogen and oxygen atoms in total. The molecule has 0 aliphatic carbocycles. The molecule has 0 aromatic heterocycles. The average molecular weight is 354 g/mol. The highest BCUT2D eigenvalue weighted by Crippen LogP contribution is 2.40. The summed E-state index contributed by atoms with van der Waals surface area (Å²) in [6, 6.07) is 0. The Morgan fingerprint density at radius 2 is 1.92 bits per heavy atom. The molecule has 4 aliphatic heterocycles. The van der Waals surface area contributed by atoms with Crippen molar-refractivity contribution in [2.24, 2.45) is 17.8 Å². The van der Waals surface area contributed by atoms with Crippen molar-refractivity contribution in [1.29, 1.82) is 0 Å². The minimum atomic E-state index is 0.526. The van der Waals surface area contributed by atoms with Crippen LogP contribution in [0.1, 0.15) is 32.1 Å². The van der Waals surface area contributed by atoms with E-state index >= 15 is 0 Å². The Kier molecular flexibility index (Phi) is 6.36. The van der Waals surface area contributed by atoms with E-state index in [-0.39, 0.29) is 0 Å². The van der Waals surface area contributed by atoms with E-state index in [1.165, 1.54) is 64.0 Å². The summed E-state index contributed by atoms with van der Waals surface area (Å²) in [6.45, 7) is 8.10. The van der Waals surface area contributed by atoms with Gasteiger partial charge in [-0.15, -0.1) is 0 Å². The number of hydrazine groups is 1. The van der Waals surface area contributed by atoms with Gasteiger partial charge in [0.15, 0.2) is 0 Å². The normalized spacial score (nSPS) is 45.0. The molecule has 6 heteroatoms. The number of hydrogen-bond acceptors (Lipinski definition) is 6. The van der Waals surface area contributed by atoms with Crippen LogP contribution < -0.4 is 21.4 Å². The first kappa shape index (κ1) is 17.6. The molecule has 24 heavy (non-hydrogen) atoms. The summed E-state index contributed by atoms with van der Waals surface area (Å²) in [5.74, 6) is 4.02. The van der Waals surface area contributed by atoms with E-state index < -0.39 is 0 Å². The van der Waals surface area contributed by atoms with Crippen molar-refractivity contribution in [1.82, 2.24) is 26.4 Å². The molecule has 0 radical (unpaired) electrons. The second-order valence-corrected chi connectivity index (χ2v) is 9.47. The average Bonchev–Trinajstić information content (AvgIpc) is 3.06. The Hall–Kier alpha value is 0.150. The molecule has 0 amide bonds.